The van der Waals surface area contributed by atoms with E-state index in [9.17, 15) is 13.2 Å². The Bertz CT molecular complexity index is 931. The highest BCUT2D eigenvalue weighted by atomic mass is 32.2. The fourth-order valence-electron chi connectivity index (χ4n) is 2.90. The van der Waals surface area contributed by atoms with Crippen molar-refractivity contribution >= 4 is 21.6 Å². The summed E-state index contributed by atoms with van der Waals surface area (Å²) < 4.78 is 36.8. The molecule has 1 heterocycles. The average molecular weight is 404 g/mol. The molecule has 0 spiro atoms. The van der Waals surface area contributed by atoms with Crippen molar-refractivity contribution in [3.63, 3.8) is 0 Å². The van der Waals surface area contributed by atoms with Crippen molar-refractivity contribution < 1.29 is 22.7 Å². The highest BCUT2D eigenvalue weighted by molar-refractivity contribution is 7.92. The molecule has 150 valence electrons. The van der Waals surface area contributed by atoms with E-state index in [1.54, 1.807) is 25.1 Å². The number of nitrogens with one attached hydrogen (secondary N) is 1. The molecule has 1 amide bonds. The number of hydrogen-bond acceptors (Lipinski definition) is 5. The summed E-state index contributed by atoms with van der Waals surface area (Å²) in [5.74, 6) is 0.657. The fourth-order valence-corrected chi connectivity index (χ4v) is 3.96. The van der Waals surface area contributed by atoms with Crippen LogP contribution in [0.1, 0.15) is 25.3 Å². The van der Waals surface area contributed by atoms with Gasteiger partial charge in [-0.2, -0.15) is 0 Å². The standard InChI is InChI=1S/C20H24N2O5S/c1-3-28(24,25)22(17-9-10-18-19(11-17)27-14-26-18)13-20(23)21-12-15(2)16-7-5-4-6-8-16/h4-11,15H,3,12-14H2,1-2H3,(H,21,23)/t15-/m0/s1. The van der Waals surface area contributed by atoms with E-state index in [-0.39, 0.29) is 30.9 Å². The third-order valence-corrected chi connectivity index (χ3v) is 6.35. The van der Waals surface area contributed by atoms with E-state index in [0.29, 0.717) is 23.7 Å². The molecule has 2 aromatic rings. The van der Waals surface area contributed by atoms with Crippen molar-refractivity contribution in [3.8, 4) is 11.5 Å². The average Bonchev–Trinajstić information content (AvgIpc) is 3.18. The molecule has 1 N–H and O–H groups in total. The fraction of sp³-hybridized carbons (Fsp3) is 0.350. The van der Waals surface area contributed by atoms with Gasteiger partial charge >= 0.3 is 0 Å². The minimum atomic E-state index is -3.64. The monoisotopic (exact) mass is 404 g/mol. The Morgan fingerprint density at radius 1 is 1.14 bits per heavy atom. The van der Waals surface area contributed by atoms with Crippen molar-refractivity contribution in [3.05, 3.63) is 54.1 Å². The van der Waals surface area contributed by atoms with Crippen LogP contribution in [-0.4, -0.2) is 40.0 Å². The van der Waals surface area contributed by atoms with Crippen LogP contribution in [0.4, 0.5) is 5.69 Å². The van der Waals surface area contributed by atoms with Crippen LogP contribution in [0, 0.1) is 0 Å². The molecule has 1 aliphatic rings. The molecule has 0 aliphatic carbocycles. The Labute approximate surface area is 165 Å². The summed E-state index contributed by atoms with van der Waals surface area (Å²) in [4.78, 5) is 12.5. The predicted molar refractivity (Wildman–Crippen MR) is 107 cm³/mol. The number of hydrogen-bond donors (Lipinski definition) is 1. The first-order chi connectivity index (χ1) is 13.4. The molecule has 0 radical (unpaired) electrons. The molecule has 1 atom stereocenters. The zero-order valence-electron chi connectivity index (χ0n) is 15.9. The SMILES string of the molecule is CCS(=O)(=O)N(CC(=O)NC[C@H](C)c1ccccc1)c1ccc2c(c1)OCO2. The van der Waals surface area contributed by atoms with E-state index in [1.807, 2.05) is 37.3 Å². The van der Waals surface area contributed by atoms with Crippen molar-refractivity contribution in [1.29, 1.82) is 0 Å². The van der Waals surface area contributed by atoms with Crippen LogP contribution in [0.3, 0.4) is 0 Å². The molecule has 0 aromatic heterocycles. The number of rotatable bonds is 8. The van der Waals surface area contributed by atoms with Gasteiger partial charge in [0.1, 0.15) is 6.54 Å². The van der Waals surface area contributed by atoms with Gasteiger partial charge < -0.3 is 14.8 Å². The number of sulfonamides is 1. The normalized spacial score (nSPS) is 13.8. The van der Waals surface area contributed by atoms with Crippen LogP contribution in [0.2, 0.25) is 0 Å². The predicted octanol–water partition coefficient (Wildman–Crippen LogP) is 2.49. The highest BCUT2D eigenvalue weighted by Gasteiger charge is 2.26. The van der Waals surface area contributed by atoms with Crippen molar-refractivity contribution in [2.24, 2.45) is 0 Å². The van der Waals surface area contributed by atoms with Gasteiger partial charge in [0.2, 0.25) is 22.7 Å². The van der Waals surface area contributed by atoms with Gasteiger partial charge in [-0.25, -0.2) is 8.42 Å². The third-order valence-electron chi connectivity index (χ3n) is 4.61. The van der Waals surface area contributed by atoms with Gasteiger partial charge in [-0.3, -0.25) is 9.10 Å². The quantitative estimate of drug-likeness (QED) is 0.731. The second-order valence-electron chi connectivity index (χ2n) is 6.56. The zero-order valence-corrected chi connectivity index (χ0v) is 16.7. The summed E-state index contributed by atoms with van der Waals surface area (Å²) in [7, 11) is -3.64. The number of nitrogens with zero attached hydrogens (tertiary/aromatic N) is 1. The van der Waals surface area contributed by atoms with Crippen LogP contribution >= 0.6 is 0 Å². The number of benzene rings is 2. The lowest BCUT2D eigenvalue weighted by atomic mass is 10.0. The first-order valence-corrected chi connectivity index (χ1v) is 10.7. The van der Waals surface area contributed by atoms with Gasteiger partial charge in [0, 0.05) is 12.6 Å². The van der Waals surface area contributed by atoms with E-state index >= 15 is 0 Å². The molecule has 8 heteroatoms. The molecule has 0 unspecified atom stereocenters. The van der Waals surface area contributed by atoms with E-state index in [2.05, 4.69) is 5.32 Å². The number of ether oxygens (including phenoxy) is 2. The van der Waals surface area contributed by atoms with E-state index in [0.717, 1.165) is 9.87 Å². The second-order valence-corrected chi connectivity index (χ2v) is 8.74. The van der Waals surface area contributed by atoms with Gasteiger partial charge in [-0.15, -0.1) is 0 Å². The molecule has 0 saturated carbocycles. The smallest absolute Gasteiger partial charge is 0.240 e. The van der Waals surface area contributed by atoms with Gasteiger partial charge in [0.05, 0.1) is 11.4 Å². The molecule has 7 nitrogen and oxygen atoms in total. The van der Waals surface area contributed by atoms with E-state index in [1.165, 1.54) is 0 Å². The first-order valence-electron chi connectivity index (χ1n) is 9.12. The zero-order chi connectivity index (χ0) is 20.1. The maximum absolute atomic E-state index is 12.6. The Balaban J connectivity index is 1.70. The highest BCUT2D eigenvalue weighted by Crippen LogP contribution is 2.36. The molecule has 1 aliphatic heterocycles. The van der Waals surface area contributed by atoms with Gasteiger partial charge in [0.15, 0.2) is 11.5 Å². The maximum Gasteiger partial charge on any atom is 0.240 e. The summed E-state index contributed by atoms with van der Waals surface area (Å²) in [5, 5.41) is 2.83. The molecule has 0 fully saturated rings. The Kier molecular flexibility index (Phi) is 6.08. The number of carbonyl (C=O) groups excluding carboxylic acids is 1. The lowest BCUT2D eigenvalue weighted by Crippen LogP contribution is -2.42. The molecule has 3 rings (SSSR count). The van der Waals surface area contributed by atoms with Crippen LogP contribution in [0.15, 0.2) is 48.5 Å². The molecule has 0 bridgehead atoms. The Hall–Kier alpha value is -2.74. The van der Waals surface area contributed by atoms with Crippen LogP contribution in [-0.2, 0) is 14.8 Å². The summed E-state index contributed by atoms with van der Waals surface area (Å²) in [6, 6.07) is 14.7. The van der Waals surface area contributed by atoms with Crippen LogP contribution in [0.25, 0.3) is 0 Å². The molecule has 2 aromatic carbocycles. The lowest BCUT2D eigenvalue weighted by Gasteiger charge is -2.24. The van der Waals surface area contributed by atoms with Crippen molar-refractivity contribution in [1.82, 2.24) is 5.32 Å². The minimum Gasteiger partial charge on any atom is -0.454 e. The first kappa shape index (κ1) is 20.0. The van der Waals surface area contributed by atoms with Crippen LogP contribution in [0.5, 0.6) is 11.5 Å². The Morgan fingerprint density at radius 3 is 2.57 bits per heavy atom. The summed E-state index contributed by atoms with van der Waals surface area (Å²) in [6.07, 6.45) is 0. The summed E-state index contributed by atoms with van der Waals surface area (Å²) >= 11 is 0. The maximum atomic E-state index is 12.6. The van der Waals surface area contributed by atoms with Crippen molar-refractivity contribution in [2.45, 2.75) is 19.8 Å². The number of amides is 1. The summed E-state index contributed by atoms with van der Waals surface area (Å²) in [5.41, 5.74) is 1.48. The topological polar surface area (TPSA) is 84.9 Å². The number of carbonyl (C=O) groups is 1. The van der Waals surface area contributed by atoms with Crippen LogP contribution < -0.4 is 19.1 Å². The number of fused-ring (bicyclic) bond motifs is 1. The van der Waals surface area contributed by atoms with Gasteiger partial charge in [-0.1, -0.05) is 37.3 Å². The Morgan fingerprint density at radius 2 is 1.86 bits per heavy atom. The molecule has 28 heavy (non-hydrogen) atoms. The van der Waals surface area contributed by atoms with E-state index < -0.39 is 10.0 Å². The largest absolute Gasteiger partial charge is 0.454 e. The third kappa shape index (κ3) is 4.56. The minimum absolute atomic E-state index is 0.0944. The van der Waals surface area contributed by atoms with Crippen molar-refractivity contribution in [2.75, 3.05) is 29.9 Å². The van der Waals surface area contributed by atoms with Gasteiger partial charge in [0.25, 0.3) is 0 Å². The molecule has 0 saturated heterocycles. The lowest BCUT2D eigenvalue weighted by molar-refractivity contribution is -0.119. The van der Waals surface area contributed by atoms with E-state index in [4.69, 9.17) is 9.47 Å². The second kappa shape index (κ2) is 8.52. The molecular formula is C20H24N2O5S. The number of anilines is 1. The summed E-state index contributed by atoms with van der Waals surface area (Å²) in [6.45, 7) is 3.77. The van der Waals surface area contributed by atoms with Gasteiger partial charge in [-0.05, 0) is 30.5 Å². The molecular weight excluding hydrogens is 380 g/mol.